The van der Waals surface area contributed by atoms with Gasteiger partial charge in [0.05, 0.1) is 6.54 Å². The molecule has 1 aromatic carbocycles. The van der Waals surface area contributed by atoms with Crippen LogP contribution in [0.1, 0.15) is 12.0 Å². The highest BCUT2D eigenvalue weighted by molar-refractivity contribution is 5.78. The van der Waals surface area contributed by atoms with Crippen LogP contribution < -0.4 is 9.64 Å². The van der Waals surface area contributed by atoms with E-state index in [-0.39, 0.29) is 5.91 Å². The summed E-state index contributed by atoms with van der Waals surface area (Å²) in [7, 11) is 0. The fourth-order valence-electron chi connectivity index (χ4n) is 3.63. The minimum Gasteiger partial charge on any atom is -0.492 e. The number of nitrogens with zero attached hydrogens (tertiary/aromatic N) is 5. The van der Waals surface area contributed by atoms with Crippen LogP contribution in [0.4, 0.5) is 5.95 Å². The number of aromatic nitrogens is 2. The lowest BCUT2D eigenvalue weighted by molar-refractivity contribution is -0.132. The summed E-state index contributed by atoms with van der Waals surface area (Å²) >= 11 is 0. The molecule has 2 aliphatic rings. The van der Waals surface area contributed by atoms with Crippen LogP contribution in [-0.4, -0.2) is 71.6 Å². The monoisotopic (exact) mass is 367 g/mol. The van der Waals surface area contributed by atoms with Crippen LogP contribution in [0.15, 0.2) is 42.7 Å². The summed E-state index contributed by atoms with van der Waals surface area (Å²) in [5.74, 6) is 1.86. The van der Waals surface area contributed by atoms with E-state index in [0.29, 0.717) is 19.7 Å². The third-order valence-corrected chi connectivity index (χ3v) is 5.07. The Morgan fingerprint density at radius 2 is 1.85 bits per heavy atom. The summed E-state index contributed by atoms with van der Waals surface area (Å²) in [6.07, 6.45) is 4.45. The van der Waals surface area contributed by atoms with Gasteiger partial charge in [0, 0.05) is 57.2 Å². The maximum Gasteiger partial charge on any atom is 0.236 e. The molecule has 7 heteroatoms. The molecule has 1 saturated heterocycles. The number of fused-ring (bicyclic) bond motifs is 1. The van der Waals surface area contributed by atoms with Crippen LogP contribution in [0, 0.1) is 0 Å². The van der Waals surface area contributed by atoms with E-state index in [1.54, 1.807) is 12.4 Å². The van der Waals surface area contributed by atoms with Crippen LogP contribution in [0.25, 0.3) is 0 Å². The molecule has 1 aromatic heterocycles. The number of hydrogen-bond donors (Lipinski definition) is 0. The molecule has 3 heterocycles. The van der Waals surface area contributed by atoms with Crippen LogP contribution >= 0.6 is 0 Å². The summed E-state index contributed by atoms with van der Waals surface area (Å²) in [5, 5.41) is 0. The zero-order chi connectivity index (χ0) is 18.5. The molecule has 2 aromatic rings. The third kappa shape index (κ3) is 4.36. The van der Waals surface area contributed by atoms with Crippen molar-refractivity contribution in [1.82, 2.24) is 19.8 Å². The first-order valence-corrected chi connectivity index (χ1v) is 9.52. The van der Waals surface area contributed by atoms with E-state index < -0.39 is 0 Å². The first kappa shape index (κ1) is 17.7. The van der Waals surface area contributed by atoms with Gasteiger partial charge in [-0.3, -0.25) is 9.69 Å². The normalized spacial score (nSPS) is 18.2. The Balaban J connectivity index is 1.34. The molecular formula is C20H25N5O2. The zero-order valence-corrected chi connectivity index (χ0v) is 15.5. The first-order valence-electron chi connectivity index (χ1n) is 9.52. The van der Waals surface area contributed by atoms with Crippen molar-refractivity contribution in [3.8, 4) is 5.75 Å². The Labute approximate surface area is 159 Å². The quantitative estimate of drug-likeness (QED) is 0.818. The highest BCUT2D eigenvalue weighted by atomic mass is 16.5. The van der Waals surface area contributed by atoms with Gasteiger partial charge in [-0.05, 0) is 18.6 Å². The second kappa shape index (κ2) is 8.35. The molecular weight excluding hydrogens is 342 g/mol. The lowest BCUT2D eigenvalue weighted by Gasteiger charge is -2.25. The number of anilines is 1. The zero-order valence-electron chi connectivity index (χ0n) is 15.5. The third-order valence-electron chi connectivity index (χ3n) is 5.07. The van der Waals surface area contributed by atoms with Gasteiger partial charge < -0.3 is 14.5 Å². The summed E-state index contributed by atoms with van der Waals surface area (Å²) < 4.78 is 5.80. The predicted molar refractivity (Wildman–Crippen MR) is 103 cm³/mol. The molecule has 0 spiro atoms. The first-order chi connectivity index (χ1) is 13.3. The smallest absolute Gasteiger partial charge is 0.236 e. The molecule has 0 unspecified atom stereocenters. The standard InChI is InChI=1S/C20H25N5O2/c26-19(16-23-13-14-27-18-6-2-1-5-17(18)15-23)24-9-4-10-25(12-11-24)20-21-7-3-8-22-20/h1-3,5-8H,4,9-16H2. The van der Waals surface area contributed by atoms with Gasteiger partial charge in [0.1, 0.15) is 12.4 Å². The van der Waals surface area contributed by atoms with Gasteiger partial charge in [-0.2, -0.15) is 0 Å². The molecule has 0 radical (unpaired) electrons. The predicted octanol–water partition coefficient (Wildman–Crippen LogP) is 1.41. The Hall–Kier alpha value is -2.67. The van der Waals surface area contributed by atoms with Crippen LogP contribution in [0.3, 0.4) is 0 Å². The molecule has 7 nitrogen and oxygen atoms in total. The van der Waals surface area contributed by atoms with Crippen molar-refractivity contribution in [2.24, 2.45) is 0 Å². The Morgan fingerprint density at radius 1 is 1.00 bits per heavy atom. The molecule has 0 bridgehead atoms. The average Bonchev–Trinajstić information content (AvgIpc) is 3.07. The number of ether oxygens (including phenoxy) is 1. The Morgan fingerprint density at radius 3 is 2.74 bits per heavy atom. The van der Waals surface area contributed by atoms with Crippen LogP contribution in [0.2, 0.25) is 0 Å². The molecule has 1 amide bonds. The average molecular weight is 367 g/mol. The minimum absolute atomic E-state index is 0.185. The van der Waals surface area contributed by atoms with E-state index in [1.165, 1.54) is 0 Å². The van der Waals surface area contributed by atoms with E-state index in [9.17, 15) is 4.79 Å². The van der Waals surface area contributed by atoms with Gasteiger partial charge in [-0.15, -0.1) is 0 Å². The summed E-state index contributed by atoms with van der Waals surface area (Å²) in [4.78, 5) is 27.8. The maximum absolute atomic E-state index is 12.9. The number of para-hydroxylation sites is 1. The molecule has 0 saturated carbocycles. The number of benzene rings is 1. The lowest BCUT2D eigenvalue weighted by atomic mass is 10.2. The van der Waals surface area contributed by atoms with E-state index in [1.807, 2.05) is 29.2 Å². The lowest BCUT2D eigenvalue weighted by Crippen LogP contribution is -2.42. The van der Waals surface area contributed by atoms with Crippen molar-refractivity contribution in [3.05, 3.63) is 48.3 Å². The summed E-state index contributed by atoms with van der Waals surface area (Å²) in [6.45, 7) is 5.68. The SMILES string of the molecule is O=C(CN1CCOc2ccccc2C1)N1CCCN(c2ncccn2)CC1. The van der Waals surface area contributed by atoms with Crippen molar-refractivity contribution in [2.75, 3.05) is 50.8 Å². The summed E-state index contributed by atoms with van der Waals surface area (Å²) in [6, 6.07) is 9.89. The highest BCUT2D eigenvalue weighted by Gasteiger charge is 2.23. The maximum atomic E-state index is 12.9. The van der Waals surface area contributed by atoms with Crippen molar-refractivity contribution in [3.63, 3.8) is 0 Å². The second-order valence-corrected chi connectivity index (χ2v) is 6.94. The largest absolute Gasteiger partial charge is 0.492 e. The number of carbonyl (C=O) groups excluding carboxylic acids is 1. The Kier molecular flexibility index (Phi) is 5.48. The number of hydrogen-bond acceptors (Lipinski definition) is 6. The van der Waals surface area contributed by atoms with Gasteiger partial charge in [-0.25, -0.2) is 9.97 Å². The molecule has 2 aliphatic heterocycles. The number of rotatable bonds is 3. The number of amides is 1. The topological polar surface area (TPSA) is 61.8 Å². The minimum atomic E-state index is 0.185. The van der Waals surface area contributed by atoms with Crippen molar-refractivity contribution in [1.29, 1.82) is 0 Å². The molecule has 27 heavy (non-hydrogen) atoms. The van der Waals surface area contributed by atoms with Gasteiger partial charge in [0.25, 0.3) is 0 Å². The fourth-order valence-corrected chi connectivity index (χ4v) is 3.63. The second-order valence-electron chi connectivity index (χ2n) is 6.94. The molecule has 142 valence electrons. The fraction of sp³-hybridized carbons (Fsp3) is 0.450. The van der Waals surface area contributed by atoms with E-state index in [2.05, 4.69) is 25.8 Å². The van der Waals surface area contributed by atoms with Crippen molar-refractivity contribution < 1.29 is 9.53 Å². The van der Waals surface area contributed by atoms with E-state index >= 15 is 0 Å². The van der Waals surface area contributed by atoms with Gasteiger partial charge in [0.15, 0.2) is 0 Å². The summed E-state index contributed by atoms with van der Waals surface area (Å²) in [5.41, 5.74) is 1.14. The molecule has 0 atom stereocenters. The van der Waals surface area contributed by atoms with Gasteiger partial charge in [0.2, 0.25) is 11.9 Å². The molecule has 0 N–H and O–H groups in total. The van der Waals surface area contributed by atoms with Gasteiger partial charge in [-0.1, -0.05) is 18.2 Å². The molecule has 0 aliphatic carbocycles. The van der Waals surface area contributed by atoms with Gasteiger partial charge >= 0.3 is 0 Å². The highest BCUT2D eigenvalue weighted by Crippen LogP contribution is 2.22. The number of carbonyl (C=O) groups is 1. The van der Waals surface area contributed by atoms with E-state index in [0.717, 1.165) is 56.4 Å². The molecule has 4 rings (SSSR count). The van der Waals surface area contributed by atoms with E-state index in [4.69, 9.17) is 4.74 Å². The van der Waals surface area contributed by atoms with Crippen LogP contribution in [-0.2, 0) is 11.3 Å². The molecule has 1 fully saturated rings. The van der Waals surface area contributed by atoms with Crippen LogP contribution in [0.5, 0.6) is 5.75 Å². The van der Waals surface area contributed by atoms with Crippen molar-refractivity contribution in [2.45, 2.75) is 13.0 Å². The van der Waals surface area contributed by atoms with Crippen molar-refractivity contribution >= 4 is 11.9 Å². The Bertz CT molecular complexity index is 770.